The predicted molar refractivity (Wildman–Crippen MR) is 68.2 cm³/mol. The molecular weight excluding hydrogens is 309 g/mol. The average molecular weight is 320 g/mol. The minimum atomic E-state index is -5.12. The van der Waals surface area contributed by atoms with Gasteiger partial charge in [-0.15, -0.1) is 13.2 Å². The summed E-state index contributed by atoms with van der Waals surface area (Å²) in [6.45, 7) is 1.06. The second kappa shape index (κ2) is 6.18. The smallest absolute Gasteiger partial charge is 0.396 e. The molecule has 1 saturated heterocycles. The Labute approximate surface area is 122 Å². The summed E-state index contributed by atoms with van der Waals surface area (Å²) < 4.78 is 46.7. The van der Waals surface area contributed by atoms with Crippen molar-refractivity contribution in [3.63, 3.8) is 0 Å². The SMILES string of the molecule is O=Cc1ccc(N2CCOCC2)c(OC(F)(F)F)c1[N+](=O)[O-]. The van der Waals surface area contributed by atoms with Gasteiger partial charge in [0.05, 0.1) is 29.4 Å². The molecule has 1 aliphatic heterocycles. The number of halogens is 3. The number of ether oxygens (including phenoxy) is 2. The van der Waals surface area contributed by atoms with Gasteiger partial charge in [0.25, 0.3) is 0 Å². The summed E-state index contributed by atoms with van der Waals surface area (Å²) in [6, 6.07) is 2.29. The molecule has 0 aliphatic carbocycles. The van der Waals surface area contributed by atoms with Crippen LogP contribution in [0.15, 0.2) is 12.1 Å². The molecule has 0 unspecified atom stereocenters. The van der Waals surface area contributed by atoms with Crippen LogP contribution in [0.4, 0.5) is 24.5 Å². The summed E-state index contributed by atoms with van der Waals surface area (Å²) in [5, 5.41) is 11.1. The van der Waals surface area contributed by atoms with E-state index in [0.29, 0.717) is 0 Å². The van der Waals surface area contributed by atoms with Crippen molar-refractivity contribution in [2.24, 2.45) is 0 Å². The van der Waals surface area contributed by atoms with Crippen molar-refractivity contribution in [2.75, 3.05) is 31.2 Å². The summed E-state index contributed by atoms with van der Waals surface area (Å²) in [5.41, 5.74) is -1.59. The van der Waals surface area contributed by atoms with E-state index in [4.69, 9.17) is 4.74 Å². The number of morpholine rings is 1. The molecule has 2 rings (SSSR count). The van der Waals surface area contributed by atoms with Crippen molar-refractivity contribution in [1.29, 1.82) is 0 Å². The maximum absolute atomic E-state index is 12.6. The molecule has 0 aromatic heterocycles. The highest BCUT2D eigenvalue weighted by atomic mass is 19.4. The lowest BCUT2D eigenvalue weighted by atomic mass is 10.1. The molecule has 1 heterocycles. The van der Waals surface area contributed by atoms with E-state index in [9.17, 15) is 28.1 Å². The lowest BCUT2D eigenvalue weighted by molar-refractivity contribution is -0.388. The molecule has 0 bridgehead atoms. The van der Waals surface area contributed by atoms with Gasteiger partial charge in [-0.05, 0) is 12.1 Å². The van der Waals surface area contributed by atoms with Gasteiger partial charge in [-0.2, -0.15) is 0 Å². The molecule has 22 heavy (non-hydrogen) atoms. The number of carbonyl (C=O) groups excluding carboxylic acids is 1. The fraction of sp³-hybridized carbons (Fsp3) is 0.417. The van der Waals surface area contributed by atoms with Gasteiger partial charge >= 0.3 is 12.0 Å². The molecule has 0 radical (unpaired) electrons. The summed E-state index contributed by atoms with van der Waals surface area (Å²) in [5.74, 6) is -0.982. The maximum Gasteiger partial charge on any atom is 0.573 e. The van der Waals surface area contributed by atoms with Gasteiger partial charge in [0, 0.05) is 13.1 Å². The van der Waals surface area contributed by atoms with E-state index in [2.05, 4.69) is 4.74 Å². The van der Waals surface area contributed by atoms with Crippen molar-refractivity contribution in [1.82, 2.24) is 0 Å². The van der Waals surface area contributed by atoms with E-state index < -0.39 is 28.3 Å². The highest BCUT2D eigenvalue weighted by Gasteiger charge is 2.38. The van der Waals surface area contributed by atoms with E-state index in [0.717, 1.165) is 6.07 Å². The Bertz CT molecular complexity index is 585. The van der Waals surface area contributed by atoms with Crippen LogP contribution in [0.1, 0.15) is 10.4 Å². The number of aldehydes is 1. The number of nitro benzene ring substituents is 1. The highest BCUT2D eigenvalue weighted by Crippen LogP contribution is 2.42. The topological polar surface area (TPSA) is 81.9 Å². The van der Waals surface area contributed by atoms with Crippen molar-refractivity contribution >= 4 is 17.7 Å². The predicted octanol–water partition coefficient (Wildman–Crippen LogP) is 2.14. The standard InChI is InChI=1S/C12H11F3N2O5/c13-12(14,15)22-11-9(16-3-5-21-6-4-16)2-1-8(7-18)10(11)17(19)20/h1-2,7H,3-6H2. The highest BCUT2D eigenvalue weighted by molar-refractivity contribution is 5.87. The summed E-state index contributed by atoms with van der Waals surface area (Å²) >= 11 is 0. The van der Waals surface area contributed by atoms with E-state index in [1.165, 1.54) is 11.0 Å². The number of nitrogens with zero attached hydrogens (tertiary/aromatic N) is 2. The molecular formula is C12H11F3N2O5. The minimum Gasteiger partial charge on any atom is -0.396 e. The van der Waals surface area contributed by atoms with E-state index in [1.54, 1.807) is 0 Å². The molecule has 1 fully saturated rings. The van der Waals surface area contributed by atoms with Gasteiger partial charge in [0.1, 0.15) is 0 Å². The first kappa shape index (κ1) is 16.0. The normalized spacial score (nSPS) is 15.5. The lowest BCUT2D eigenvalue weighted by Gasteiger charge is -2.30. The Hall–Kier alpha value is -2.36. The zero-order valence-corrected chi connectivity index (χ0v) is 11.1. The number of rotatable bonds is 4. The molecule has 0 N–H and O–H groups in total. The molecule has 0 spiro atoms. The van der Waals surface area contributed by atoms with Gasteiger partial charge in [-0.1, -0.05) is 0 Å². The van der Waals surface area contributed by atoms with Gasteiger partial charge in [-0.25, -0.2) is 0 Å². The fourth-order valence-electron chi connectivity index (χ4n) is 2.13. The summed E-state index contributed by atoms with van der Waals surface area (Å²) in [6.07, 6.45) is -5.00. The first-order valence-electron chi connectivity index (χ1n) is 6.18. The zero-order chi connectivity index (χ0) is 16.3. The Morgan fingerprint density at radius 3 is 2.45 bits per heavy atom. The van der Waals surface area contributed by atoms with Crippen LogP contribution in [0, 0.1) is 10.1 Å². The lowest BCUT2D eigenvalue weighted by Crippen LogP contribution is -2.37. The molecule has 10 heteroatoms. The molecule has 1 aromatic rings. The van der Waals surface area contributed by atoms with Crippen LogP contribution in [0.2, 0.25) is 0 Å². The van der Waals surface area contributed by atoms with Crippen molar-refractivity contribution in [3.05, 3.63) is 27.8 Å². The fourth-order valence-corrected chi connectivity index (χ4v) is 2.13. The third-order valence-electron chi connectivity index (χ3n) is 3.02. The summed E-state index contributed by atoms with van der Waals surface area (Å²) in [7, 11) is 0. The van der Waals surface area contributed by atoms with Crippen LogP contribution in [-0.4, -0.2) is 43.9 Å². The molecule has 1 aromatic carbocycles. The second-order valence-corrected chi connectivity index (χ2v) is 4.37. The first-order valence-corrected chi connectivity index (χ1v) is 6.18. The van der Waals surface area contributed by atoms with E-state index in [-0.39, 0.29) is 38.3 Å². The molecule has 1 aliphatic rings. The van der Waals surface area contributed by atoms with Crippen molar-refractivity contribution < 1.29 is 32.4 Å². The van der Waals surface area contributed by atoms with Gasteiger partial charge in [0.2, 0.25) is 5.75 Å². The molecule has 0 saturated carbocycles. The number of anilines is 1. The third kappa shape index (κ3) is 3.45. The minimum absolute atomic E-state index is 0.0991. The van der Waals surface area contributed by atoms with Gasteiger partial charge < -0.3 is 14.4 Å². The first-order chi connectivity index (χ1) is 10.3. The Morgan fingerprint density at radius 2 is 1.95 bits per heavy atom. The Morgan fingerprint density at radius 1 is 1.32 bits per heavy atom. The van der Waals surface area contributed by atoms with Gasteiger partial charge in [-0.3, -0.25) is 14.9 Å². The van der Waals surface area contributed by atoms with Crippen molar-refractivity contribution in [2.45, 2.75) is 6.36 Å². The zero-order valence-electron chi connectivity index (χ0n) is 11.1. The molecule has 120 valence electrons. The largest absolute Gasteiger partial charge is 0.573 e. The van der Waals surface area contributed by atoms with E-state index >= 15 is 0 Å². The summed E-state index contributed by atoms with van der Waals surface area (Å²) in [4.78, 5) is 22.4. The quantitative estimate of drug-likeness (QED) is 0.480. The average Bonchev–Trinajstić information content (AvgIpc) is 2.45. The maximum atomic E-state index is 12.6. The Kier molecular flexibility index (Phi) is 4.50. The second-order valence-electron chi connectivity index (χ2n) is 4.37. The number of hydrogen-bond donors (Lipinski definition) is 0. The van der Waals surface area contributed by atoms with E-state index in [1.807, 2.05) is 0 Å². The number of carbonyl (C=O) groups is 1. The number of alkyl halides is 3. The Balaban J connectivity index is 2.58. The van der Waals surface area contributed by atoms with Crippen LogP contribution in [0.25, 0.3) is 0 Å². The number of hydrogen-bond acceptors (Lipinski definition) is 6. The molecule has 7 nitrogen and oxygen atoms in total. The molecule has 0 amide bonds. The van der Waals surface area contributed by atoms with Crippen LogP contribution in [0.5, 0.6) is 5.75 Å². The van der Waals surface area contributed by atoms with Crippen LogP contribution in [-0.2, 0) is 4.74 Å². The van der Waals surface area contributed by atoms with Crippen LogP contribution in [0.3, 0.4) is 0 Å². The number of benzene rings is 1. The van der Waals surface area contributed by atoms with Crippen molar-refractivity contribution in [3.8, 4) is 5.75 Å². The van der Waals surface area contributed by atoms with Crippen LogP contribution >= 0.6 is 0 Å². The monoisotopic (exact) mass is 320 g/mol. The molecule has 0 atom stereocenters. The van der Waals surface area contributed by atoms with Gasteiger partial charge in [0.15, 0.2) is 6.29 Å². The number of nitro groups is 1. The third-order valence-corrected chi connectivity index (χ3v) is 3.02. The van der Waals surface area contributed by atoms with Crippen LogP contribution < -0.4 is 9.64 Å².